The van der Waals surface area contributed by atoms with E-state index in [-0.39, 0.29) is 16.0 Å². The fourth-order valence-electron chi connectivity index (χ4n) is 2.24. The second kappa shape index (κ2) is 8.90. The third-order valence-corrected chi connectivity index (χ3v) is 5.02. The van der Waals surface area contributed by atoms with Gasteiger partial charge >= 0.3 is 0 Å². The molecule has 0 bridgehead atoms. The summed E-state index contributed by atoms with van der Waals surface area (Å²) in [6.07, 6.45) is 1.27. The standard InChI is InChI=1S/C20H14Br2N2O4/c21-16-10-13(18(25)17(22)19(16)26)11-23-24-20(27)12-6-8-15(9-7-12)28-14-4-2-1-3-5-14/h1-11,25-26H,(H,24,27)/b23-11+. The number of carbonyl (C=O) groups excluding carboxylic acids is 1. The molecule has 0 unspecified atom stereocenters. The van der Waals surface area contributed by atoms with Gasteiger partial charge in [0.25, 0.3) is 5.91 Å². The summed E-state index contributed by atoms with van der Waals surface area (Å²) >= 11 is 6.24. The molecule has 0 atom stereocenters. The number of carbonyl (C=O) groups is 1. The van der Waals surface area contributed by atoms with Gasteiger partial charge in [-0.05, 0) is 74.3 Å². The van der Waals surface area contributed by atoms with E-state index in [1.54, 1.807) is 24.3 Å². The van der Waals surface area contributed by atoms with Crippen molar-refractivity contribution in [2.45, 2.75) is 0 Å². The van der Waals surface area contributed by atoms with E-state index in [0.717, 1.165) is 0 Å². The van der Waals surface area contributed by atoms with Crippen LogP contribution in [0.15, 0.2) is 74.7 Å². The van der Waals surface area contributed by atoms with E-state index in [0.29, 0.717) is 27.1 Å². The maximum absolute atomic E-state index is 12.2. The highest BCUT2D eigenvalue weighted by Gasteiger charge is 2.13. The van der Waals surface area contributed by atoms with Crippen LogP contribution in [-0.2, 0) is 0 Å². The fraction of sp³-hybridized carbons (Fsp3) is 0. The van der Waals surface area contributed by atoms with Gasteiger partial charge in [-0.3, -0.25) is 4.79 Å². The first-order valence-corrected chi connectivity index (χ1v) is 9.60. The third kappa shape index (κ3) is 4.71. The Morgan fingerprint density at radius 1 is 0.964 bits per heavy atom. The first-order chi connectivity index (χ1) is 13.5. The number of hydrazone groups is 1. The minimum Gasteiger partial charge on any atom is -0.506 e. The molecule has 0 saturated carbocycles. The van der Waals surface area contributed by atoms with Crippen molar-refractivity contribution in [3.63, 3.8) is 0 Å². The van der Waals surface area contributed by atoms with Gasteiger partial charge in [-0.15, -0.1) is 0 Å². The first-order valence-electron chi connectivity index (χ1n) is 8.02. The molecule has 3 aromatic rings. The van der Waals surface area contributed by atoms with E-state index < -0.39 is 5.91 Å². The molecule has 142 valence electrons. The molecule has 6 nitrogen and oxygen atoms in total. The van der Waals surface area contributed by atoms with Gasteiger partial charge < -0.3 is 14.9 Å². The quantitative estimate of drug-likeness (QED) is 0.329. The molecule has 0 aliphatic rings. The Bertz CT molecular complexity index is 1020. The molecule has 28 heavy (non-hydrogen) atoms. The molecule has 0 saturated heterocycles. The molecule has 0 fully saturated rings. The number of phenolic OH excluding ortho intramolecular Hbond substituents is 2. The molecule has 1 amide bonds. The summed E-state index contributed by atoms with van der Waals surface area (Å²) in [7, 11) is 0. The van der Waals surface area contributed by atoms with Crippen LogP contribution in [0.2, 0.25) is 0 Å². The van der Waals surface area contributed by atoms with Gasteiger partial charge in [-0.1, -0.05) is 18.2 Å². The average Bonchev–Trinajstić information content (AvgIpc) is 2.71. The van der Waals surface area contributed by atoms with Crippen molar-refractivity contribution < 1.29 is 19.7 Å². The predicted octanol–water partition coefficient (Wildman–Crippen LogP) is 5.18. The number of para-hydroxylation sites is 1. The van der Waals surface area contributed by atoms with Crippen LogP contribution in [0.25, 0.3) is 0 Å². The second-order valence-corrected chi connectivity index (χ2v) is 7.24. The summed E-state index contributed by atoms with van der Waals surface area (Å²) in [5, 5.41) is 23.5. The molecule has 0 heterocycles. The molecular weight excluding hydrogens is 492 g/mol. The van der Waals surface area contributed by atoms with Crippen molar-refractivity contribution in [2.24, 2.45) is 5.10 Å². The number of hydrogen-bond donors (Lipinski definition) is 3. The minimum atomic E-state index is -0.418. The van der Waals surface area contributed by atoms with Gasteiger partial charge in [0.05, 0.1) is 10.7 Å². The van der Waals surface area contributed by atoms with E-state index in [1.807, 2.05) is 30.3 Å². The second-order valence-electron chi connectivity index (χ2n) is 5.60. The maximum Gasteiger partial charge on any atom is 0.271 e. The molecule has 3 aromatic carbocycles. The number of halogens is 2. The van der Waals surface area contributed by atoms with Crippen molar-refractivity contribution in [1.29, 1.82) is 0 Å². The minimum absolute atomic E-state index is 0.128. The van der Waals surface area contributed by atoms with Crippen molar-refractivity contribution in [1.82, 2.24) is 5.43 Å². The summed E-state index contributed by atoms with van der Waals surface area (Å²) < 4.78 is 6.18. The number of nitrogens with one attached hydrogen (secondary N) is 1. The highest BCUT2D eigenvalue weighted by molar-refractivity contribution is 9.11. The maximum atomic E-state index is 12.2. The summed E-state index contributed by atoms with van der Waals surface area (Å²) in [6, 6.07) is 17.4. The number of ether oxygens (including phenoxy) is 1. The van der Waals surface area contributed by atoms with Gasteiger partial charge in [-0.25, -0.2) is 5.43 Å². The summed E-state index contributed by atoms with van der Waals surface area (Å²) in [4.78, 5) is 12.2. The van der Waals surface area contributed by atoms with Crippen molar-refractivity contribution in [2.75, 3.05) is 0 Å². The number of phenols is 2. The number of benzene rings is 3. The number of rotatable bonds is 5. The summed E-state index contributed by atoms with van der Waals surface area (Å²) in [5.74, 6) is 0.571. The van der Waals surface area contributed by atoms with Crippen LogP contribution >= 0.6 is 31.9 Å². The van der Waals surface area contributed by atoms with E-state index >= 15 is 0 Å². The van der Waals surface area contributed by atoms with Gasteiger partial charge in [0, 0.05) is 11.1 Å². The van der Waals surface area contributed by atoms with Crippen LogP contribution in [0.4, 0.5) is 0 Å². The Labute approximate surface area is 177 Å². The average molecular weight is 506 g/mol. The highest BCUT2D eigenvalue weighted by atomic mass is 79.9. The summed E-state index contributed by atoms with van der Waals surface area (Å²) in [5.41, 5.74) is 3.09. The van der Waals surface area contributed by atoms with E-state index in [4.69, 9.17) is 4.74 Å². The zero-order valence-electron chi connectivity index (χ0n) is 14.3. The Balaban J connectivity index is 1.64. The van der Waals surface area contributed by atoms with Gasteiger partial charge in [0.1, 0.15) is 27.5 Å². The smallest absolute Gasteiger partial charge is 0.271 e. The predicted molar refractivity (Wildman–Crippen MR) is 113 cm³/mol. The van der Waals surface area contributed by atoms with Gasteiger partial charge in [0.15, 0.2) is 0 Å². The molecule has 3 rings (SSSR count). The Hall–Kier alpha value is -2.84. The van der Waals surface area contributed by atoms with E-state index in [2.05, 4.69) is 42.4 Å². The van der Waals surface area contributed by atoms with Crippen LogP contribution in [0.3, 0.4) is 0 Å². The third-order valence-electron chi connectivity index (χ3n) is 3.66. The Morgan fingerprint density at radius 3 is 2.29 bits per heavy atom. The molecule has 0 aliphatic carbocycles. The number of nitrogens with zero attached hydrogens (tertiary/aromatic N) is 1. The molecular formula is C20H14Br2N2O4. The monoisotopic (exact) mass is 504 g/mol. The van der Waals surface area contributed by atoms with Crippen LogP contribution in [0, 0.1) is 0 Å². The molecule has 3 N–H and O–H groups in total. The largest absolute Gasteiger partial charge is 0.506 e. The molecule has 0 radical (unpaired) electrons. The summed E-state index contributed by atoms with van der Waals surface area (Å²) in [6.45, 7) is 0. The van der Waals surface area contributed by atoms with Crippen LogP contribution in [-0.4, -0.2) is 22.3 Å². The molecule has 0 aliphatic heterocycles. The van der Waals surface area contributed by atoms with E-state index in [9.17, 15) is 15.0 Å². The normalized spacial score (nSPS) is 10.8. The molecule has 0 spiro atoms. The van der Waals surface area contributed by atoms with Gasteiger partial charge in [-0.2, -0.15) is 5.10 Å². The first kappa shape index (κ1) is 19.9. The van der Waals surface area contributed by atoms with Crippen molar-refractivity contribution in [3.05, 3.63) is 80.7 Å². The number of aromatic hydroxyl groups is 2. The number of hydrogen-bond acceptors (Lipinski definition) is 5. The SMILES string of the molecule is O=C(N/N=C/c1cc(Br)c(O)c(Br)c1O)c1ccc(Oc2ccccc2)cc1. The zero-order valence-corrected chi connectivity index (χ0v) is 17.4. The fourth-order valence-corrected chi connectivity index (χ4v) is 3.39. The topological polar surface area (TPSA) is 91.2 Å². The number of amides is 1. The lowest BCUT2D eigenvalue weighted by atomic mass is 10.2. The van der Waals surface area contributed by atoms with Crippen LogP contribution < -0.4 is 10.2 Å². The molecule has 8 heteroatoms. The molecule has 0 aromatic heterocycles. The zero-order chi connectivity index (χ0) is 20.1. The lowest BCUT2D eigenvalue weighted by Crippen LogP contribution is -2.17. The highest BCUT2D eigenvalue weighted by Crippen LogP contribution is 2.40. The lowest BCUT2D eigenvalue weighted by molar-refractivity contribution is 0.0955. The van der Waals surface area contributed by atoms with Gasteiger partial charge in [0.2, 0.25) is 0 Å². The Morgan fingerprint density at radius 2 is 1.61 bits per heavy atom. The van der Waals surface area contributed by atoms with Crippen LogP contribution in [0.5, 0.6) is 23.0 Å². The van der Waals surface area contributed by atoms with E-state index in [1.165, 1.54) is 12.3 Å². The van der Waals surface area contributed by atoms with Crippen molar-refractivity contribution >= 4 is 44.0 Å². The van der Waals surface area contributed by atoms with Crippen LogP contribution in [0.1, 0.15) is 15.9 Å². The van der Waals surface area contributed by atoms with Crippen molar-refractivity contribution in [3.8, 4) is 23.0 Å². The Kier molecular flexibility index (Phi) is 6.33. The lowest BCUT2D eigenvalue weighted by Gasteiger charge is -2.07.